The maximum atomic E-state index is 12.5. The summed E-state index contributed by atoms with van der Waals surface area (Å²) in [5.41, 5.74) is 3.11. The van der Waals surface area contributed by atoms with Crippen LogP contribution in [0.25, 0.3) is 11.0 Å². The zero-order valence-corrected chi connectivity index (χ0v) is 15.5. The number of aromatic amines is 1. The SMILES string of the molecule is Cc1[nH]nc2ncc(C(=O)NCc3ccnc(N4CCCCCC4)c3)cc12. The molecule has 1 saturated heterocycles. The van der Waals surface area contributed by atoms with E-state index in [-0.39, 0.29) is 5.91 Å². The number of hydrogen-bond acceptors (Lipinski definition) is 5. The minimum atomic E-state index is -0.141. The number of anilines is 1. The van der Waals surface area contributed by atoms with Crippen LogP contribution in [0, 0.1) is 6.92 Å². The van der Waals surface area contributed by atoms with Crippen LogP contribution < -0.4 is 10.2 Å². The summed E-state index contributed by atoms with van der Waals surface area (Å²) in [6.45, 7) is 4.49. The monoisotopic (exact) mass is 364 g/mol. The van der Waals surface area contributed by atoms with Gasteiger partial charge in [0.25, 0.3) is 5.91 Å². The fourth-order valence-electron chi connectivity index (χ4n) is 3.47. The van der Waals surface area contributed by atoms with Crippen molar-refractivity contribution >= 4 is 22.8 Å². The van der Waals surface area contributed by atoms with Gasteiger partial charge in [0.05, 0.1) is 5.56 Å². The lowest BCUT2D eigenvalue weighted by Gasteiger charge is -2.21. The van der Waals surface area contributed by atoms with E-state index in [0.29, 0.717) is 17.8 Å². The summed E-state index contributed by atoms with van der Waals surface area (Å²) >= 11 is 0. The summed E-state index contributed by atoms with van der Waals surface area (Å²) in [6, 6.07) is 5.85. The highest BCUT2D eigenvalue weighted by Gasteiger charge is 2.13. The van der Waals surface area contributed by atoms with Crippen LogP contribution in [0.2, 0.25) is 0 Å². The molecule has 27 heavy (non-hydrogen) atoms. The molecule has 4 rings (SSSR count). The molecule has 0 aromatic carbocycles. The molecule has 0 aliphatic carbocycles. The summed E-state index contributed by atoms with van der Waals surface area (Å²) in [5, 5.41) is 10.8. The summed E-state index contributed by atoms with van der Waals surface area (Å²) in [6.07, 6.45) is 8.40. The van der Waals surface area contributed by atoms with E-state index in [9.17, 15) is 4.79 Å². The van der Waals surface area contributed by atoms with Crippen LogP contribution in [0.3, 0.4) is 0 Å². The van der Waals surface area contributed by atoms with Gasteiger partial charge in [-0.05, 0) is 43.5 Å². The number of aromatic nitrogens is 4. The van der Waals surface area contributed by atoms with Crippen LogP contribution in [-0.2, 0) is 6.54 Å². The zero-order valence-electron chi connectivity index (χ0n) is 15.5. The third kappa shape index (κ3) is 3.92. The molecule has 140 valence electrons. The average Bonchev–Trinajstić information content (AvgIpc) is 2.90. The quantitative estimate of drug-likeness (QED) is 0.743. The van der Waals surface area contributed by atoms with Crippen molar-refractivity contribution in [2.75, 3.05) is 18.0 Å². The summed E-state index contributed by atoms with van der Waals surface area (Å²) in [4.78, 5) is 23.6. The molecule has 1 fully saturated rings. The normalized spacial score (nSPS) is 14.9. The molecule has 2 N–H and O–H groups in total. The maximum absolute atomic E-state index is 12.5. The number of amides is 1. The molecule has 3 aromatic rings. The molecule has 7 heteroatoms. The average molecular weight is 364 g/mol. The highest BCUT2D eigenvalue weighted by molar-refractivity contribution is 5.97. The molecule has 0 atom stereocenters. The molecule has 4 heterocycles. The van der Waals surface area contributed by atoms with Gasteiger partial charge in [-0.15, -0.1) is 0 Å². The Morgan fingerprint density at radius 1 is 1.19 bits per heavy atom. The van der Waals surface area contributed by atoms with Gasteiger partial charge in [0.1, 0.15) is 5.82 Å². The third-order valence-electron chi connectivity index (χ3n) is 5.06. The molecule has 0 unspecified atom stereocenters. The van der Waals surface area contributed by atoms with Crippen LogP contribution in [0.4, 0.5) is 5.82 Å². The molecule has 0 bridgehead atoms. The van der Waals surface area contributed by atoms with Crippen LogP contribution in [0.15, 0.2) is 30.6 Å². The largest absolute Gasteiger partial charge is 0.357 e. The highest BCUT2D eigenvalue weighted by Crippen LogP contribution is 2.18. The minimum Gasteiger partial charge on any atom is -0.357 e. The molecule has 0 spiro atoms. The van der Waals surface area contributed by atoms with Crippen molar-refractivity contribution in [2.45, 2.75) is 39.2 Å². The van der Waals surface area contributed by atoms with E-state index in [0.717, 1.165) is 35.6 Å². The van der Waals surface area contributed by atoms with E-state index in [1.807, 2.05) is 25.3 Å². The number of carbonyl (C=O) groups excluding carboxylic acids is 1. The second kappa shape index (κ2) is 7.73. The van der Waals surface area contributed by atoms with Crippen molar-refractivity contribution in [1.29, 1.82) is 0 Å². The molecule has 0 saturated carbocycles. The Morgan fingerprint density at radius 3 is 2.81 bits per heavy atom. The first kappa shape index (κ1) is 17.5. The number of pyridine rings is 2. The second-order valence-corrected chi connectivity index (χ2v) is 7.05. The number of aryl methyl sites for hydroxylation is 1. The molecule has 1 aliphatic rings. The molecule has 3 aromatic heterocycles. The first-order chi connectivity index (χ1) is 13.2. The van der Waals surface area contributed by atoms with Gasteiger partial charge < -0.3 is 10.2 Å². The van der Waals surface area contributed by atoms with Crippen molar-refractivity contribution in [3.63, 3.8) is 0 Å². The lowest BCUT2D eigenvalue weighted by atomic mass is 10.2. The molecule has 7 nitrogen and oxygen atoms in total. The van der Waals surface area contributed by atoms with E-state index >= 15 is 0 Å². The van der Waals surface area contributed by atoms with Crippen molar-refractivity contribution in [2.24, 2.45) is 0 Å². The molecule has 1 amide bonds. The number of H-pyrrole nitrogens is 1. The van der Waals surface area contributed by atoms with Crippen LogP contribution in [0.1, 0.15) is 47.3 Å². The number of carbonyl (C=O) groups is 1. The second-order valence-electron chi connectivity index (χ2n) is 7.05. The van der Waals surface area contributed by atoms with Crippen molar-refractivity contribution in [3.8, 4) is 0 Å². The fourth-order valence-corrected chi connectivity index (χ4v) is 3.47. The third-order valence-corrected chi connectivity index (χ3v) is 5.06. The Kier molecular flexibility index (Phi) is 5.00. The molecular weight excluding hydrogens is 340 g/mol. The van der Waals surface area contributed by atoms with Gasteiger partial charge in [-0.1, -0.05) is 12.8 Å². The predicted molar refractivity (Wildman–Crippen MR) is 105 cm³/mol. The molecule has 1 aliphatic heterocycles. The highest BCUT2D eigenvalue weighted by atomic mass is 16.1. The van der Waals surface area contributed by atoms with Gasteiger partial charge >= 0.3 is 0 Å². The van der Waals surface area contributed by atoms with E-state index in [1.54, 1.807) is 6.20 Å². The van der Waals surface area contributed by atoms with Crippen molar-refractivity contribution in [1.82, 2.24) is 25.5 Å². The predicted octanol–water partition coefficient (Wildman–Crippen LogP) is 2.97. The topological polar surface area (TPSA) is 86.8 Å². The first-order valence-electron chi connectivity index (χ1n) is 9.49. The van der Waals surface area contributed by atoms with Crippen molar-refractivity contribution in [3.05, 3.63) is 47.4 Å². The number of nitrogens with one attached hydrogen (secondary N) is 2. The van der Waals surface area contributed by atoms with Gasteiger partial charge in [0.15, 0.2) is 5.65 Å². The Morgan fingerprint density at radius 2 is 2.00 bits per heavy atom. The number of rotatable bonds is 4. The van der Waals surface area contributed by atoms with E-state index in [4.69, 9.17) is 0 Å². The van der Waals surface area contributed by atoms with Crippen LogP contribution >= 0.6 is 0 Å². The van der Waals surface area contributed by atoms with Gasteiger partial charge in [0.2, 0.25) is 0 Å². The smallest absolute Gasteiger partial charge is 0.253 e. The van der Waals surface area contributed by atoms with Crippen LogP contribution in [0.5, 0.6) is 0 Å². The van der Waals surface area contributed by atoms with Gasteiger partial charge in [-0.3, -0.25) is 9.89 Å². The zero-order chi connectivity index (χ0) is 18.6. The first-order valence-corrected chi connectivity index (χ1v) is 9.49. The summed E-state index contributed by atoms with van der Waals surface area (Å²) < 4.78 is 0. The number of fused-ring (bicyclic) bond motifs is 1. The lowest BCUT2D eigenvalue weighted by molar-refractivity contribution is 0.0950. The van der Waals surface area contributed by atoms with E-state index in [2.05, 4.69) is 36.4 Å². The Bertz CT molecular complexity index is 943. The van der Waals surface area contributed by atoms with E-state index < -0.39 is 0 Å². The van der Waals surface area contributed by atoms with Crippen molar-refractivity contribution < 1.29 is 4.79 Å². The standard InChI is InChI=1S/C20H24N6O/c1-14-17-11-16(13-22-19(17)25-24-14)20(27)23-12-15-6-7-21-18(10-15)26-8-4-2-3-5-9-26/h6-7,10-11,13H,2-5,8-9,12H2,1H3,(H,23,27)(H,22,24,25). The lowest BCUT2D eigenvalue weighted by Crippen LogP contribution is -2.26. The summed E-state index contributed by atoms with van der Waals surface area (Å²) in [7, 11) is 0. The summed E-state index contributed by atoms with van der Waals surface area (Å²) in [5.74, 6) is 0.860. The Labute approximate surface area is 158 Å². The van der Waals surface area contributed by atoms with E-state index in [1.165, 1.54) is 25.7 Å². The minimum absolute atomic E-state index is 0.141. The fraction of sp³-hybridized carbons (Fsp3) is 0.400. The van der Waals surface area contributed by atoms with Gasteiger partial charge in [0, 0.05) is 43.1 Å². The molecule has 0 radical (unpaired) electrons. The Balaban J connectivity index is 1.43. The maximum Gasteiger partial charge on any atom is 0.253 e. The van der Waals surface area contributed by atoms with Crippen LogP contribution in [-0.4, -0.2) is 39.2 Å². The van der Waals surface area contributed by atoms with Gasteiger partial charge in [-0.25, -0.2) is 9.97 Å². The number of hydrogen-bond donors (Lipinski definition) is 2. The Hall–Kier alpha value is -2.96. The van der Waals surface area contributed by atoms with Gasteiger partial charge in [-0.2, -0.15) is 5.10 Å². The molecular formula is C20H24N6O. The number of nitrogens with zero attached hydrogens (tertiary/aromatic N) is 4.